The first-order chi connectivity index (χ1) is 9.41. The van der Waals surface area contributed by atoms with E-state index >= 15 is 0 Å². The molecule has 2 aliphatic rings. The molecule has 1 aliphatic carbocycles. The van der Waals surface area contributed by atoms with Crippen LogP contribution in [0.25, 0.3) is 0 Å². The molecule has 0 radical (unpaired) electrons. The zero-order valence-electron chi connectivity index (χ0n) is 11.3. The number of sulfonamides is 1. The minimum absolute atomic E-state index is 0.100. The fraction of sp³-hybridized carbons (Fsp3) is 0.615. The summed E-state index contributed by atoms with van der Waals surface area (Å²) in [5, 5.41) is 1.81. The lowest BCUT2D eigenvalue weighted by molar-refractivity contribution is -0.122. The Morgan fingerprint density at radius 2 is 2.20 bits per heavy atom. The predicted octanol–water partition coefficient (Wildman–Crippen LogP) is 1.33. The van der Waals surface area contributed by atoms with Crippen molar-refractivity contribution >= 4 is 27.3 Å². The van der Waals surface area contributed by atoms with E-state index in [-0.39, 0.29) is 11.8 Å². The first-order valence-corrected chi connectivity index (χ1v) is 9.09. The molecule has 1 saturated carbocycles. The Balaban J connectivity index is 1.98. The van der Waals surface area contributed by atoms with Crippen LogP contribution in [0.3, 0.4) is 0 Å². The van der Waals surface area contributed by atoms with Crippen LogP contribution in [0.4, 0.5) is 0 Å². The van der Waals surface area contributed by atoms with Crippen molar-refractivity contribution in [3.8, 4) is 0 Å². The Morgan fingerprint density at radius 1 is 1.45 bits per heavy atom. The normalized spacial score (nSPS) is 30.6. The molecule has 1 aromatic heterocycles. The first-order valence-electron chi connectivity index (χ1n) is 6.77. The molecular formula is C13H18N2O3S2. The van der Waals surface area contributed by atoms with Crippen molar-refractivity contribution in [3.63, 3.8) is 0 Å². The topological polar surface area (TPSA) is 80.5 Å². The van der Waals surface area contributed by atoms with E-state index in [9.17, 15) is 13.2 Å². The SMILES string of the molecule is Cc1csc(S(=O)(=O)N2C[C@@H]3CCC[C@H]3[C@H]2C(N)=O)c1. The molecule has 0 unspecified atom stereocenters. The summed E-state index contributed by atoms with van der Waals surface area (Å²) in [6, 6.07) is 0.987. The van der Waals surface area contributed by atoms with Crippen LogP contribution in [-0.4, -0.2) is 31.2 Å². The van der Waals surface area contributed by atoms with Crippen LogP contribution in [0.5, 0.6) is 0 Å². The van der Waals surface area contributed by atoms with Crippen molar-refractivity contribution in [2.45, 2.75) is 36.4 Å². The number of carbonyl (C=O) groups excluding carboxylic acids is 1. The van der Waals surface area contributed by atoms with Gasteiger partial charge in [0.05, 0.1) is 0 Å². The fourth-order valence-electron chi connectivity index (χ4n) is 3.52. The summed E-state index contributed by atoms with van der Waals surface area (Å²) in [4.78, 5) is 11.8. The van der Waals surface area contributed by atoms with Crippen molar-refractivity contribution in [2.75, 3.05) is 6.54 Å². The van der Waals surface area contributed by atoms with Gasteiger partial charge < -0.3 is 5.73 Å². The Bertz CT molecular complexity index is 638. The van der Waals surface area contributed by atoms with E-state index < -0.39 is 22.0 Å². The molecule has 0 bridgehead atoms. The number of fused-ring (bicyclic) bond motifs is 1. The molecule has 3 rings (SSSR count). The van der Waals surface area contributed by atoms with Gasteiger partial charge >= 0.3 is 0 Å². The second-order valence-electron chi connectivity index (χ2n) is 5.72. The van der Waals surface area contributed by atoms with Crippen LogP contribution in [0, 0.1) is 18.8 Å². The van der Waals surface area contributed by atoms with E-state index in [1.54, 1.807) is 6.07 Å². The average molecular weight is 314 g/mol. The number of hydrogen-bond acceptors (Lipinski definition) is 4. The zero-order valence-corrected chi connectivity index (χ0v) is 12.9. The molecule has 7 heteroatoms. The Labute approximate surface area is 122 Å². The van der Waals surface area contributed by atoms with Gasteiger partial charge in [0.25, 0.3) is 10.0 Å². The lowest BCUT2D eigenvalue weighted by Crippen LogP contribution is -2.46. The molecule has 1 amide bonds. The smallest absolute Gasteiger partial charge is 0.253 e. The van der Waals surface area contributed by atoms with E-state index in [2.05, 4.69) is 0 Å². The van der Waals surface area contributed by atoms with Crippen molar-refractivity contribution in [2.24, 2.45) is 17.6 Å². The molecule has 1 saturated heterocycles. The molecule has 1 aliphatic heterocycles. The summed E-state index contributed by atoms with van der Waals surface area (Å²) in [7, 11) is -3.60. The van der Waals surface area contributed by atoms with Crippen LogP contribution in [0.2, 0.25) is 0 Å². The highest BCUT2D eigenvalue weighted by molar-refractivity contribution is 7.91. The van der Waals surface area contributed by atoms with E-state index in [1.165, 1.54) is 15.6 Å². The molecule has 0 spiro atoms. The van der Waals surface area contributed by atoms with Gasteiger partial charge in [-0.15, -0.1) is 11.3 Å². The first kappa shape index (κ1) is 14.0. The van der Waals surface area contributed by atoms with Gasteiger partial charge in [0, 0.05) is 6.54 Å². The molecule has 2 fully saturated rings. The van der Waals surface area contributed by atoms with Crippen LogP contribution >= 0.6 is 11.3 Å². The van der Waals surface area contributed by atoms with E-state index in [0.717, 1.165) is 24.8 Å². The van der Waals surface area contributed by atoms with E-state index in [1.807, 2.05) is 12.3 Å². The maximum Gasteiger partial charge on any atom is 0.253 e. The highest BCUT2D eigenvalue weighted by Gasteiger charge is 2.51. The summed E-state index contributed by atoms with van der Waals surface area (Å²) < 4.78 is 27.1. The zero-order chi connectivity index (χ0) is 14.5. The summed E-state index contributed by atoms with van der Waals surface area (Å²) in [5.74, 6) is -0.136. The molecule has 110 valence electrons. The van der Waals surface area contributed by atoms with Crippen molar-refractivity contribution in [1.82, 2.24) is 4.31 Å². The van der Waals surface area contributed by atoms with E-state index in [0.29, 0.717) is 10.8 Å². The monoisotopic (exact) mass is 314 g/mol. The second kappa shape index (κ2) is 4.82. The van der Waals surface area contributed by atoms with Gasteiger partial charge in [-0.2, -0.15) is 4.31 Å². The van der Waals surface area contributed by atoms with Crippen LogP contribution in [0.1, 0.15) is 24.8 Å². The Morgan fingerprint density at radius 3 is 2.80 bits per heavy atom. The quantitative estimate of drug-likeness (QED) is 0.914. The molecule has 1 aromatic rings. The summed E-state index contributed by atoms with van der Waals surface area (Å²) in [6.45, 7) is 2.29. The largest absolute Gasteiger partial charge is 0.368 e. The van der Waals surface area contributed by atoms with Gasteiger partial charge in [-0.1, -0.05) is 6.42 Å². The lowest BCUT2D eigenvalue weighted by Gasteiger charge is -2.23. The average Bonchev–Trinajstić information content (AvgIpc) is 3.00. The number of carbonyl (C=O) groups is 1. The Hall–Kier alpha value is -0.920. The minimum atomic E-state index is -3.60. The van der Waals surface area contributed by atoms with Gasteiger partial charge in [-0.3, -0.25) is 4.79 Å². The number of hydrogen-bond donors (Lipinski definition) is 1. The Kier molecular flexibility index (Phi) is 3.38. The third-order valence-corrected chi connectivity index (χ3v) is 7.79. The third-order valence-electron chi connectivity index (χ3n) is 4.41. The minimum Gasteiger partial charge on any atom is -0.368 e. The molecule has 20 heavy (non-hydrogen) atoms. The van der Waals surface area contributed by atoms with Gasteiger partial charge in [0.1, 0.15) is 10.3 Å². The number of thiophene rings is 1. The summed E-state index contributed by atoms with van der Waals surface area (Å²) in [6.07, 6.45) is 2.95. The van der Waals surface area contributed by atoms with Crippen LogP contribution in [0.15, 0.2) is 15.7 Å². The third kappa shape index (κ3) is 2.08. The van der Waals surface area contributed by atoms with Gasteiger partial charge in [0.15, 0.2) is 0 Å². The van der Waals surface area contributed by atoms with Gasteiger partial charge in [0.2, 0.25) is 5.91 Å². The maximum atomic E-state index is 12.7. The van der Waals surface area contributed by atoms with Crippen molar-refractivity contribution in [1.29, 1.82) is 0 Å². The number of aryl methyl sites for hydroxylation is 1. The molecule has 2 N–H and O–H groups in total. The molecule has 5 nitrogen and oxygen atoms in total. The number of nitrogens with zero attached hydrogens (tertiary/aromatic N) is 1. The lowest BCUT2D eigenvalue weighted by atomic mass is 9.94. The number of amides is 1. The fourth-order valence-corrected chi connectivity index (χ4v) is 6.58. The second-order valence-corrected chi connectivity index (χ2v) is 8.75. The predicted molar refractivity (Wildman–Crippen MR) is 76.8 cm³/mol. The van der Waals surface area contributed by atoms with E-state index in [4.69, 9.17) is 5.73 Å². The standard InChI is InChI=1S/C13H18N2O3S2/c1-8-5-11(19-7-8)20(17,18)15-6-9-3-2-4-10(9)12(15)13(14)16/h5,7,9-10,12H,2-4,6H2,1H3,(H2,14,16)/t9-,10+,12-/m0/s1. The molecular weight excluding hydrogens is 296 g/mol. The molecule has 0 aromatic carbocycles. The summed E-state index contributed by atoms with van der Waals surface area (Å²) in [5.41, 5.74) is 6.40. The highest BCUT2D eigenvalue weighted by atomic mass is 32.2. The number of nitrogens with two attached hydrogens (primary N) is 1. The molecule has 2 heterocycles. The van der Waals surface area contributed by atoms with Crippen LogP contribution < -0.4 is 5.73 Å². The molecule has 3 atom stereocenters. The van der Waals surface area contributed by atoms with Crippen molar-refractivity contribution < 1.29 is 13.2 Å². The van der Waals surface area contributed by atoms with Gasteiger partial charge in [-0.25, -0.2) is 8.42 Å². The van der Waals surface area contributed by atoms with Gasteiger partial charge in [-0.05, 0) is 48.6 Å². The van der Waals surface area contributed by atoms with Crippen LogP contribution in [-0.2, 0) is 14.8 Å². The summed E-state index contributed by atoms with van der Waals surface area (Å²) >= 11 is 1.20. The number of primary amides is 1. The number of rotatable bonds is 3. The highest BCUT2D eigenvalue weighted by Crippen LogP contribution is 2.44. The maximum absolute atomic E-state index is 12.7. The van der Waals surface area contributed by atoms with Crippen molar-refractivity contribution in [3.05, 3.63) is 17.0 Å².